The number of nitrogens with one attached hydrogen (secondary N) is 2. The lowest BCUT2D eigenvalue weighted by atomic mass is 9.96. The molecule has 1 heterocycles. The Labute approximate surface area is 143 Å². The van der Waals surface area contributed by atoms with Crippen LogP contribution < -0.4 is 15.4 Å². The minimum Gasteiger partial charge on any atom is -0.497 e. The molecule has 0 aliphatic heterocycles. The molecule has 1 aromatic carbocycles. The Morgan fingerprint density at radius 1 is 1.21 bits per heavy atom. The van der Waals surface area contributed by atoms with Crippen LogP contribution in [0.4, 0.5) is 11.5 Å². The summed E-state index contributed by atoms with van der Waals surface area (Å²) in [4.78, 5) is 16.3. The molecule has 0 aliphatic rings. The van der Waals surface area contributed by atoms with Crippen molar-refractivity contribution in [3.63, 3.8) is 0 Å². The van der Waals surface area contributed by atoms with Gasteiger partial charge in [0.05, 0.1) is 19.0 Å². The van der Waals surface area contributed by atoms with Gasteiger partial charge in [0, 0.05) is 12.0 Å². The molecule has 1 aromatic heterocycles. The molecular formula is C19H25N3O2. The van der Waals surface area contributed by atoms with Gasteiger partial charge in [0.15, 0.2) is 0 Å². The normalized spacial score (nSPS) is 11.0. The van der Waals surface area contributed by atoms with E-state index >= 15 is 0 Å². The highest BCUT2D eigenvalue weighted by Crippen LogP contribution is 2.18. The molecule has 1 amide bonds. The molecule has 0 aliphatic carbocycles. The number of pyridine rings is 1. The number of anilines is 2. The van der Waals surface area contributed by atoms with Crippen LogP contribution in [0.3, 0.4) is 0 Å². The fraction of sp³-hybridized carbons (Fsp3) is 0.368. The summed E-state index contributed by atoms with van der Waals surface area (Å²) >= 11 is 0. The number of hydrogen-bond acceptors (Lipinski definition) is 4. The predicted molar refractivity (Wildman–Crippen MR) is 97.5 cm³/mol. The maximum absolute atomic E-state index is 11.9. The number of ether oxygens (including phenoxy) is 1. The van der Waals surface area contributed by atoms with Gasteiger partial charge in [-0.05, 0) is 36.2 Å². The minimum atomic E-state index is -0.423. The van der Waals surface area contributed by atoms with Gasteiger partial charge in [-0.1, -0.05) is 32.9 Å². The van der Waals surface area contributed by atoms with Crippen LogP contribution in [-0.4, -0.2) is 24.5 Å². The fourth-order valence-electron chi connectivity index (χ4n) is 2.05. The Kier molecular flexibility index (Phi) is 5.79. The average Bonchev–Trinajstić information content (AvgIpc) is 2.56. The van der Waals surface area contributed by atoms with Gasteiger partial charge < -0.3 is 15.4 Å². The van der Waals surface area contributed by atoms with Crippen molar-refractivity contribution in [2.75, 3.05) is 24.3 Å². The van der Waals surface area contributed by atoms with Crippen LogP contribution in [0.5, 0.6) is 5.75 Å². The van der Waals surface area contributed by atoms with Gasteiger partial charge in [-0.2, -0.15) is 0 Å². The summed E-state index contributed by atoms with van der Waals surface area (Å²) in [5.74, 6) is 1.62. The number of aromatic nitrogens is 1. The van der Waals surface area contributed by atoms with E-state index in [0.29, 0.717) is 5.69 Å². The zero-order valence-electron chi connectivity index (χ0n) is 14.7. The first-order valence-electron chi connectivity index (χ1n) is 8.03. The first kappa shape index (κ1) is 17.8. The molecule has 0 spiro atoms. The van der Waals surface area contributed by atoms with E-state index in [-0.39, 0.29) is 5.91 Å². The van der Waals surface area contributed by atoms with E-state index in [4.69, 9.17) is 4.74 Å². The Morgan fingerprint density at radius 2 is 2.00 bits per heavy atom. The number of rotatable bonds is 6. The second-order valence-electron chi connectivity index (χ2n) is 6.66. The Bertz CT molecular complexity index is 676. The number of amides is 1. The lowest BCUT2D eigenvalue weighted by Gasteiger charge is -2.17. The third-order valence-corrected chi connectivity index (χ3v) is 3.56. The SMILES string of the molecule is COc1cccc(CCNc2ccc(NC(=O)C(C)(C)C)cn2)c1. The summed E-state index contributed by atoms with van der Waals surface area (Å²) in [5, 5.41) is 6.14. The highest BCUT2D eigenvalue weighted by atomic mass is 16.5. The van der Waals surface area contributed by atoms with Gasteiger partial charge >= 0.3 is 0 Å². The number of carbonyl (C=O) groups is 1. The summed E-state index contributed by atoms with van der Waals surface area (Å²) in [7, 11) is 1.67. The van der Waals surface area contributed by atoms with Crippen molar-refractivity contribution in [1.82, 2.24) is 4.98 Å². The maximum atomic E-state index is 11.9. The van der Waals surface area contributed by atoms with E-state index in [1.807, 2.05) is 51.1 Å². The lowest BCUT2D eigenvalue weighted by molar-refractivity contribution is -0.123. The molecule has 2 rings (SSSR count). The van der Waals surface area contributed by atoms with Crippen molar-refractivity contribution in [2.24, 2.45) is 5.41 Å². The number of nitrogens with zero attached hydrogens (tertiary/aromatic N) is 1. The number of carbonyl (C=O) groups excluding carboxylic acids is 1. The molecule has 0 bridgehead atoms. The quantitative estimate of drug-likeness (QED) is 0.848. The Hall–Kier alpha value is -2.56. The van der Waals surface area contributed by atoms with Crippen molar-refractivity contribution in [2.45, 2.75) is 27.2 Å². The van der Waals surface area contributed by atoms with Crippen LogP contribution in [0.15, 0.2) is 42.6 Å². The van der Waals surface area contributed by atoms with E-state index in [1.165, 1.54) is 5.56 Å². The van der Waals surface area contributed by atoms with Gasteiger partial charge in [-0.15, -0.1) is 0 Å². The fourth-order valence-corrected chi connectivity index (χ4v) is 2.05. The van der Waals surface area contributed by atoms with Gasteiger partial charge in [-0.25, -0.2) is 4.98 Å². The molecule has 24 heavy (non-hydrogen) atoms. The largest absolute Gasteiger partial charge is 0.497 e. The molecule has 2 N–H and O–H groups in total. The average molecular weight is 327 g/mol. The van der Waals surface area contributed by atoms with Gasteiger partial charge in [0.2, 0.25) is 5.91 Å². The number of benzene rings is 1. The molecule has 0 radical (unpaired) electrons. The summed E-state index contributed by atoms with van der Waals surface area (Å²) < 4.78 is 5.22. The van der Waals surface area contributed by atoms with Crippen LogP contribution in [-0.2, 0) is 11.2 Å². The second kappa shape index (κ2) is 7.81. The van der Waals surface area contributed by atoms with Gasteiger partial charge in [0.1, 0.15) is 11.6 Å². The predicted octanol–water partition coefficient (Wildman–Crippen LogP) is 3.73. The van der Waals surface area contributed by atoms with Crippen LogP contribution in [0.2, 0.25) is 0 Å². The molecule has 2 aromatic rings. The zero-order valence-corrected chi connectivity index (χ0v) is 14.7. The highest BCUT2D eigenvalue weighted by Gasteiger charge is 2.21. The zero-order chi connectivity index (χ0) is 17.6. The molecule has 0 saturated carbocycles. The molecule has 0 fully saturated rings. The van der Waals surface area contributed by atoms with Crippen LogP contribution >= 0.6 is 0 Å². The summed E-state index contributed by atoms with van der Waals surface area (Å²) in [6.45, 7) is 6.41. The van der Waals surface area contributed by atoms with Crippen molar-refractivity contribution in [1.29, 1.82) is 0 Å². The number of hydrogen-bond donors (Lipinski definition) is 2. The minimum absolute atomic E-state index is 0.0250. The topological polar surface area (TPSA) is 63.2 Å². The van der Waals surface area contributed by atoms with E-state index in [9.17, 15) is 4.79 Å². The lowest BCUT2D eigenvalue weighted by Crippen LogP contribution is -2.27. The maximum Gasteiger partial charge on any atom is 0.229 e. The van der Waals surface area contributed by atoms with Gasteiger partial charge in [0.25, 0.3) is 0 Å². The Balaban J connectivity index is 1.84. The standard InChI is InChI=1S/C19H25N3O2/c1-19(2,3)18(23)22-15-8-9-17(21-13-15)20-11-10-14-6-5-7-16(12-14)24-4/h5-9,12-13H,10-11H2,1-4H3,(H,20,21)(H,22,23). The smallest absolute Gasteiger partial charge is 0.229 e. The summed E-state index contributed by atoms with van der Waals surface area (Å²) in [6.07, 6.45) is 2.54. The molecule has 0 atom stereocenters. The molecule has 5 nitrogen and oxygen atoms in total. The number of methoxy groups -OCH3 is 1. The van der Waals surface area contributed by atoms with Crippen molar-refractivity contribution < 1.29 is 9.53 Å². The second-order valence-corrected chi connectivity index (χ2v) is 6.66. The van der Waals surface area contributed by atoms with Crippen molar-refractivity contribution >= 4 is 17.4 Å². The molecule has 5 heteroatoms. The molecule has 0 saturated heterocycles. The first-order valence-corrected chi connectivity index (χ1v) is 8.03. The Morgan fingerprint density at radius 3 is 2.62 bits per heavy atom. The summed E-state index contributed by atoms with van der Waals surface area (Å²) in [6, 6.07) is 11.7. The molecule has 0 unspecified atom stereocenters. The van der Waals surface area contributed by atoms with Crippen LogP contribution in [0.1, 0.15) is 26.3 Å². The van der Waals surface area contributed by atoms with Crippen molar-refractivity contribution in [3.8, 4) is 5.75 Å². The van der Waals surface area contributed by atoms with Gasteiger partial charge in [-0.3, -0.25) is 4.79 Å². The van der Waals surface area contributed by atoms with Crippen LogP contribution in [0.25, 0.3) is 0 Å². The first-order chi connectivity index (χ1) is 11.4. The third-order valence-electron chi connectivity index (χ3n) is 3.56. The third kappa shape index (κ3) is 5.26. The molecule has 128 valence electrons. The van der Waals surface area contributed by atoms with E-state index in [2.05, 4.69) is 21.7 Å². The van der Waals surface area contributed by atoms with Crippen LogP contribution in [0, 0.1) is 5.41 Å². The monoisotopic (exact) mass is 327 g/mol. The van der Waals surface area contributed by atoms with E-state index in [1.54, 1.807) is 13.3 Å². The van der Waals surface area contributed by atoms with Crippen molar-refractivity contribution in [3.05, 3.63) is 48.2 Å². The summed E-state index contributed by atoms with van der Waals surface area (Å²) in [5.41, 5.74) is 1.48. The highest BCUT2D eigenvalue weighted by molar-refractivity contribution is 5.94. The molecular weight excluding hydrogens is 302 g/mol. The van der Waals surface area contributed by atoms with E-state index in [0.717, 1.165) is 24.5 Å². The van der Waals surface area contributed by atoms with E-state index < -0.39 is 5.41 Å².